The van der Waals surface area contributed by atoms with Crippen LogP contribution in [0.3, 0.4) is 0 Å². The number of anilines is 2. The van der Waals surface area contributed by atoms with Crippen LogP contribution in [0.25, 0.3) is 11.3 Å². The first-order valence-corrected chi connectivity index (χ1v) is 7.54. The number of morpholine rings is 1. The van der Waals surface area contributed by atoms with E-state index in [1.165, 1.54) is 0 Å². The van der Waals surface area contributed by atoms with Crippen LogP contribution in [-0.4, -0.2) is 40.8 Å². The topological polar surface area (TPSA) is 97.1 Å². The van der Waals surface area contributed by atoms with Gasteiger partial charge in [-0.05, 0) is 13.0 Å². The molecular formula is C15H16F3N5O2. The highest BCUT2D eigenvalue weighted by Crippen LogP contribution is 2.36. The van der Waals surface area contributed by atoms with Crippen molar-refractivity contribution in [3.63, 3.8) is 0 Å². The fourth-order valence-corrected chi connectivity index (χ4v) is 2.67. The van der Waals surface area contributed by atoms with Crippen LogP contribution in [0.2, 0.25) is 0 Å². The largest absolute Gasteiger partial charge is 0.417 e. The third-order valence-corrected chi connectivity index (χ3v) is 3.88. The van der Waals surface area contributed by atoms with Gasteiger partial charge in [0.25, 0.3) is 5.56 Å². The summed E-state index contributed by atoms with van der Waals surface area (Å²) in [6.07, 6.45) is -3.67. The van der Waals surface area contributed by atoms with Gasteiger partial charge in [0.15, 0.2) is 0 Å². The first kappa shape index (κ1) is 17.2. The number of alkyl halides is 3. The van der Waals surface area contributed by atoms with E-state index in [0.717, 1.165) is 18.3 Å². The van der Waals surface area contributed by atoms with Gasteiger partial charge in [0.2, 0.25) is 5.95 Å². The minimum absolute atomic E-state index is 0.0706. The van der Waals surface area contributed by atoms with Gasteiger partial charge in [-0.25, -0.2) is 9.97 Å². The molecule has 7 nitrogen and oxygen atoms in total. The molecule has 10 heteroatoms. The molecule has 1 aliphatic heterocycles. The van der Waals surface area contributed by atoms with E-state index >= 15 is 0 Å². The van der Waals surface area contributed by atoms with Gasteiger partial charge in [-0.3, -0.25) is 9.78 Å². The molecule has 2 aromatic heterocycles. The number of nitrogens with two attached hydrogens (primary N) is 1. The number of aromatic amines is 1. The van der Waals surface area contributed by atoms with E-state index in [0.29, 0.717) is 19.8 Å². The Morgan fingerprint density at radius 3 is 2.84 bits per heavy atom. The van der Waals surface area contributed by atoms with Crippen molar-refractivity contribution in [1.29, 1.82) is 0 Å². The Morgan fingerprint density at radius 2 is 2.16 bits per heavy atom. The summed E-state index contributed by atoms with van der Waals surface area (Å²) < 4.78 is 45.2. The molecule has 2 aromatic rings. The van der Waals surface area contributed by atoms with Crippen LogP contribution >= 0.6 is 0 Å². The average Bonchev–Trinajstić information content (AvgIpc) is 2.53. The van der Waals surface area contributed by atoms with Crippen molar-refractivity contribution in [2.24, 2.45) is 0 Å². The van der Waals surface area contributed by atoms with Crippen LogP contribution in [0, 0.1) is 0 Å². The molecule has 0 spiro atoms. The normalized spacial score (nSPS) is 18.4. The Morgan fingerprint density at radius 1 is 1.40 bits per heavy atom. The van der Waals surface area contributed by atoms with Crippen molar-refractivity contribution in [2.45, 2.75) is 19.1 Å². The second-order valence-electron chi connectivity index (χ2n) is 5.72. The van der Waals surface area contributed by atoms with Gasteiger partial charge in [0.1, 0.15) is 5.82 Å². The molecule has 1 aliphatic rings. The molecule has 0 aromatic carbocycles. The fourth-order valence-electron chi connectivity index (χ4n) is 2.67. The summed E-state index contributed by atoms with van der Waals surface area (Å²) in [5, 5.41) is 0. The maximum Gasteiger partial charge on any atom is 0.417 e. The van der Waals surface area contributed by atoms with E-state index in [9.17, 15) is 18.0 Å². The summed E-state index contributed by atoms with van der Waals surface area (Å²) in [6, 6.07) is 1.67. The monoisotopic (exact) mass is 355 g/mol. The summed E-state index contributed by atoms with van der Waals surface area (Å²) in [5.41, 5.74) is 3.43. The van der Waals surface area contributed by atoms with Gasteiger partial charge in [0, 0.05) is 24.4 Å². The van der Waals surface area contributed by atoms with Crippen molar-refractivity contribution >= 4 is 11.8 Å². The van der Waals surface area contributed by atoms with E-state index in [4.69, 9.17) is 10.5 Å². The molecule has 0 saturated carbocycles. The van der Waals surface area contributed by atoms with E-state index in [1.54, 1.807) is 4.90 Å². The number of nitrogen functional groups attached to an aromatic ring is 1. The third-order valence-electron chi connectivity index (χ3n) is 3.88. The number of pyridine rings is 1. The fraction of sp³-hybridized carbons (Fsp3) is 0.400. The molecule has 0 unspecified atom stereocenters. The van der Waals surface area contributed by atoms with Gasteiger partial charge in [-0.1, -0.05) is 0 Å². The van der Waals surface area contributed by atoms with Crippen molar-refractivity contribution in [1.82, 2.24) is 15.0 Å². The Kier molecular flexibility index (Phi) is 4.38. The van der Waals surface area contributed by atoms with Crippen LogP contribution in [0.15, 0.2) is 23.1 Å². The number of nitrogens with zero attached hydrogens (tertiary/aromatic N) is 3. The molecule has 3 heterocycles. The van der Waals surface area contributed by atoms with Crippen LogP contribution in [0.4, 0.5) is 24.9 Å². The summed E-state index contributed by atoms with van der Waals surface area (Å²) in [6.45, 7) is 3.22. The lowest BCUT2D eigenvalue weighted by atomic mass is 10.1. The Labute approximate surface area is 140 Å². The van der Waals surface area contributed by atoms with Crippen molar-refractivity contribution in [3.05, 3.63) is 34.2 Å². The molecule has 0 amide bonds. The van der Waals surface area contributed by atoms with E-state index in [2.05, 4.69) is 15.0 Å². The molecule has 0 bridgehead atoms. The third kappa shape index (κ3) is 3.58. The zero-order valence-electron chi connectivity index (χ0n) is 13.3. The number of halogens is 3. The lowest BCUT2D eigenvalue weighted by molar-refractivity contribution is -0.137. The van der Waals surface area contributed by atoms with Gasteiger partial charge in [-0.2, -0.15) is 13.2 Å². The Balaban J connectivity index is 2.12. The predicted molar refractivity (Wildman–Crippen MR) is 85.1 cm³/mol. The number of H-pyrrole nitrogens is 1. The number of hydrogen-bond acceptors (Lipinski definition) is 6. The standard InChI is InChI=1S/C15H16F3N5O2/c1-8-7-25-3-2-23(8)14-21-11(5-13(24)22-14)9-6-20-12(19)4-10(9)15(16,17)18/h4-6,8H,2-3,7H2,1H3,(H2,19,20)(H,21,22,24)/t8-/m0/s1. The molecule has 1 fully saturated rings. The zero-order valence-corrected chi connectivity index (χ0v) is 13.3. The zero-order chi connectivity index (χ0) is 18.2. The lowest BCUT2D eigenvalue weighted by Gasteiger charge is -2.33. The van der Waals surface area contributed by atoms with Gasteiger partial charge < -0.3 is 15.4 Å². The maximum absolute atomic E-state index is 13.3. The van der Waals surface area contributed by atoms with Gasteiger partial charge >= 0.3 is 6.18 Å². The lowest BCUT2D eigenvalue weighted by Crippen LogP contribution is -2.45. The maximum atomic E-state index is 13.3. The molecule has 0 aliphatic carbocycles. The van der Waals surface area contributed by atoms with E-state index in [1.807, 2.05) is 6.92 Å². The molecule has 134 valence electrons. The molecule has 25 heavy (non-hydrogen) atoms. The summed E-state index contributed by atoms with van der Waals surface area (Å²) in [4.78, 5) is 24.3. The van der Waals surface area contributed by atoms with Crippen LogP contribution in [0.1, 0.15) is 12.5 Å². The quantitative estimate of drug-likeness (QED) is 0.850. The molecule has 1 saturated heterocycles. The van der Waals surface area contributed by atoms with Crippen molar-refractivity contribution in [3.8, 4) is 11.3 Å². The van der Waals surface area contributed by atoms with Crippen LogP contribution in [0.5, 0.6) is 0 Å². The van der Waals surface area contributed by atoms with E-state index < -0.39 is 17.3 Å². The summed E-state index contributed by atoms with van der Waals surface area (Å²) in [5.74, 6) is -0.0637. The van der Waals surface area contributed by atoms with Crippen LogP contribution in [-0.2, 0) is 10.9 Å². The smallest absolute Gasteiger partial charge is 0.384 e. The second-order valence-corrected chi connectivity index (χ2v) is 5.72. The number of nitrogens with one attached hydrogen (secondary N) is 1. The SMILES string of the molecule is C[C@H]1COCCN1c1nc(-c2cnc(N)cc2C(F)(F)F)cc(=O)[nH]1. The Bertz CT molecular complexity index is 837. The molecule has 3 rings (SSSR count). The second kappa shape index (κ2) is 6.36. The minimum atomic E-state index is -4.65. The molecule has 0 radical (unpaired) electrons. The van der Waals surface area contributed by atoms with Gasteiger partial charge in [0.05, 0.1) is 30.5 Å². The average molecular weight is 355 g/mol. The first-order valence-electron chi connectivity index (χ1n) is 7.54. The first-order chi connectivity index (χ1) is 11.8. The van der Waals surface area contributed by atoms with Crippen LogP contribution < -0.4 is 16.2 Å². The number of rotatable bonds is 2. The summed E-state index contributed by atoms with van der Waals surface area (Å²) in [7, 11) is 0. The highest BCUT2D eigenvalue weighted by molar-refractivity contribution is 5.66. The molecule has 3 N–H and O–H groups in total. The van der Waals surface area contributed by atoms with Crippen molar-refractivity contribution in [2.75, 3.05) is 30.4 Å². The molecular weight excluding hydrogens is 339 g/mol. The van der Waals surface area contributed by atoms with Crippen molar-refractivity contribution < 1.29 is 17.9 Å². The summed E-state index contributed by atoms with van der Waals surface area (Å²) >= 11 is 0. The molecule has 1 atom stereocenters. The van der Waals surface area contributed by atoms with E-state index in [-0.39, 0.29) is 29.1 Å². The highest BCUT2D eigenvalue weighted by Gasteiger charge is 2.35. The minimum Gasteiger partial charge on any atom is -0.384 e. The predicted octanol–water partition coefficient (Wildman–Crippen LogP) is 1.66. The number of aromatic nitrogens is 3. The van der Waals surface area contributed by atoms with Gasteiger partial charge in [-0.15, -0.1) is 0 Å². The number of ether oxygens (including phenoxy) is 1. The highest BCUT2D eigenvalue weighted by atomic mass is 19.4. The number of hydrogen-bond donors (Lipinski definition) is 2. The Hall–Kier alpha value is -2.62.